The molecule has 2 heterocycles. The number of carbonyl (C=O) groups is 1. The van der Waals surface area contributed by atoms with Crippen LogP contribution in [0.25, 0.3) is 11.4 Å². The van der Waals surface area contributed by atoms with E-state index in [0.717, 1.165) is 5.56 Å². The number of hydrogen-bond acceptors (Lipinski definition) is 6. The van der Waals surface area contributed by atoms with E-state index >= 15 is 0 Å². The van der Waals surface area contributed by atoms with E-state index in [1.54, 1.807) is 24.3 Å². The minimum Gasteiger partial charge on any atom is -0.454 e. The largest absolute Gasteiger partial charge is 0.454 e. The number of halogens is 1. The summed E-state index contributed by atoms with van der Waals surface area (Å²) in [6.07, 6.45) is 0. The summed E-state index contributed by atoms with van der Waals surface area (Å²) < 4.78 is 12.6. The van der Waals surface area contributed by atoms with Crippen LogP contribution in [0.3, 0.4) is 0 Å². The van der Waals surface area contributed by atoms with Crippen molar-refractivity contribution in [1.29, 1.82) is 0 Å². The maximum Gasteiger partial charge on any atom is 0.234 e. The Hall–Kier alpha value is -2.71. The molecule has 0 saturated heterocycles. The number of nitrogens with zero attached hydrogens (tertiary/aromatic N) is 3. The van der Waals surface area contributed by atoms with Crippen molar-refractivity contribution in [3.8, 4) is 22.9 Å². The van der Waals surface area contributed by atoms with E-state index in [1.165, 1.54) is 11.8 Å². The fourth-order valence-corrected chi connectivity index (χ4v) is 3.52. The third-order valence-corrected chi connectivity index (χ3v) is 5.16. The summed E-state index contributed by atoms with van der Waals surface area (Å²) in [7, 11) is 1.86. The molecule has 0 bridgehead atoms. The zero-order valence-electron chi connectivity index (χ0n) is 14.3. The summed E-state index contributed by atoms with van der Waals surface area (Å²) >= 11 is 7.23. The van der Waals surface area contributed by atoms with Crippen molar-refractivity contribution >= 4 is 35.0 Å². The highest BCUT2D eigenvalue weighted by atomic mass is 35.5. The predicted octanol–water partition coefficient (Wildman–Crippen LogP) is 3.60. The monoisotopic (exact) mass is 402 g/mol. The maximum absolute atomic E-state index is 12.2. The SMILES string of the molecule is Cn1c(SCC(=O)Nc2cccc(Cl)c2)nnc1-c1ccc2c(c1)OCO2. The topological polar surface area (TPSA) is 78.3 Å². The Morgan fingerprint density at radius 1 is 1.22 bits per heavy atom. The van der Waals surface area contributed by atoms with Crippen LogP contribution >= 0.6 is 23.4 Å². The van der Waals surface area contributed by atoms with Crippen molar-refractivity contribution in [3.05, 3.63) is 47.5 Å². The molecule has 9 heteroatoms. The Kier molecular flexibility index (Phi) is 4.91. The number of carbonyl (C=O) groups excluding carboxylic acids is 1. The number of ether oxygens (including phenoxy) is 2. The Labute approximate surface area is 164 Å². The average Bonchev–Trinajstić information content (AvgIpc) is 3.25. The van der Waals surface area contributed by atoms with E-state index in [0.29, 0.717) is 33.2 Å². The third-order valence-electron chi connectivity index (χ3n) is 3.91. The van der Waals surface area contributed by atoms with Crippen molar-refractivity contribution in [2.24, 2.45) is 7.05 Å². The van der Waals surface area contributed by atoms with Crippen LogP contribution in [-0.4, -0.2) is 33.2 Å². The van der Waals surface area contributed by atoms with Gasteiger partial charge in [-0.3, -0.25) is 4.79 Å². The lowest BCUT2D eigenvalue weighted by Crippen LogP contribution is -2.14. The fraction of sp³-hybridized carbons (Fsp3) is 0.167. The number of aromatic nitrogens is 3. The Morgan fingerprint density at radius 3 is 2.93 bits per heavy atom. The number of amides is 1. The second-order valence-electron chi connectivity index (χ2n) is 5.78. The molecule has 27 heavy (non-hydrogen) atoms. The molecule has 1 aromatic heterocycles. The normalized spacial score (nSPS) is 12.2. The summed E-state index contributed by atoms with van der Waals surface area (Å²) in [5, 5.41) is 12.4. The lowest BCUT2D eigenvalue weighted by Gasteiger charge is -2.06. The molecule has 1 N–H and O–H groups in total. The summed E-state index contributed by atoms with van der Waals surface area (Å²) in [4.78, 5) is 12.2. The highest BCUT2D eigenvalue weighted by Gasteiger charge is 2.18. The number of nitrogens with one attached hydrogen (secondary N) is 1. The molecule has 0 aliphatic carbocycles. The van der Waals surface area contributed by atoms with E-state index in [9.17, 15) is 4.79 Å². The van der Waals surface area contributed by atoms with Crippen LogP contribution in [-0.2, 0) is 11.8 Å². The van der Waals surface area contributed by atoms with Gasteiger partial charge in [-0.2, -0.15) is 0 Å². The molecule has 0 fully saturated rings. The van der Waals surface area contributed by atoms with Crippen molar-refractivity contribution in [2.45, 2.75) is 5.16 Å². The number of rotatable bonds is 5. The second-order valence-corrected chi connectivity index (χ2v) is 7.16. The number of fused-ring (bicyclic) bond motifs is 1. The van der Waals surface area contributed by atoms with E-state index in [1.807, 2.05) is 29.8 Å². The summed E-state index contributed by atoms with van der Waals surface area (Å²) in [5.74, 6) is 2.15. The number of thioether (sulfide) groups is 1. The van der Waals surface area contributed by atoms with Gasteiger partial charge >= 0.3 is 0 Å². The molecule has 0 saturated carbocycles. The molecule has 0 spiro atoms. The maximum atomic E-state index is 12.2. The first-order valence-electron chi connectivity index (χ1n) is 8.08. The van der Waals surface area contributed by atoms with Crippen LogP contribution in [0, 0.1) is 0 Å². The van der Waals surface area contributed by atoms with E-state index in [-0.39, 0.29) is 18.5 Å². The van der Waals surface area contributed by atoms with Crippen LogP contribution in [0.2, 0.25) is 5.02 Å². The van der Waals surface area contributed by atoms with Crippen molar-refractivity contribution < 1.29 is 14.3 Å². The smallest absolute Gasteiger partial charge is 0.234 e. The second kappa shape index (κ2) is 7.50. The van der Waals surface area contributed by atoms with Gasteiger partial charge in [-0.05, 0) is 36.4 Å². The van der Waals surface area contributed by atoms with Gasteiger partial charge in [-0.1, -0.05) is 29.4 Å². The summed E-state index contributed by atoms with van der Waals surface area (Å²) in [6, 6.07) is 12.6. The van der Waals surface area contributed by atoms with E-state index in [2.05, 4.69) is 15.5 Å². The van der Waals surface area contributed by atoms with Crippen LogP contribution in [0.4, 0.5) is 5.69 Å². The molecular formula is C18H15ClN4O3S. The van der Waals surface area contributed by atoms with Gasteiger partial charge in [0.15, 0.2) is 22.5 Å². The molecule has 1 aliphatic heterocycles. The molecule has 0 unspecified atom stereocenters. The van der Waals surface area contributed by atoms with Gasteiger partial charge in [-0.25, -0.2) is 0 Å². The molecule has 1 aliphatic rings. The van der Waals surface area contributed by atoms with Gasteiger partial charge in [0, 0.05) is 23.3 Å². The van der Waals surface area contributed by atoms with Crippen LogP contribution in [0.5, 0.6) is 11.5 Å². The summed E-state index contributed by atoms with van der Waals surface area (Å²) in [6.45, 7) is 0.223. The van der Waals surface area contributed by atoms with Gasteiger partial charge in [0.1, 0.15) is 0 Å². The first kappa shape index (κ1) is 17.7. The standard InChI is InChI=1S/C18H15ClN4O3S/c1-23-17(11-5-6-14-15(7-11)26-10-25-14)21-22-18(23)27-9-16(24)20-13-4-2-3-12(19)8-13/h2-8H,9-10H2,1H3,(H,20,24). The van der Waals surface area contributed by atoms with Gasteiger partial charge in [0.05, 0.1) is 5.75 Å². The Bertz CT molecular complexity index is 1010. The Balaban J connectivity index is 1.42. The van der Waals surface area contributed by atoms with Crippen LogP contribution in [0.15, 0.2) is 47.6 Å². The molecule has 4 rings (SSSR count). The van der Waals surface area contributed by atoms with Gasteiger partial charge in [0.2, 0.25) is 12.7 Å². The first-order valence-corrected chi connectivity index (χ1v) is 9.44. The number of anilines is 1. The lowest BCUT2D eigenvalue weighted by atomic mass is 10.2. The molecule has 0 atom stereocenters. The predicted molar refractivity (Wildman–Crippen MR) is 103 cm³/mol. The molecule has 2 aromatic carbocycles. The van der Waals surface area contributed by atoms with Gasteiger partial charge in [0.25, 0.3) is 0 Å². The highest BCUT2D eigenvalue weighted by Crippen LogP contribution is 2.35. The average molecular weight is 403 g/mol. The molecule has 7 nitrogen and oxygen atoms in total. The van der Waals surface area contributed by atoms with Gasteiger partial charge < -0.3 is 19.4 Å². The van der Waals surface area contributed by atoms with Crippen molar-refractivity contribution in [3.63, 3.8) is 0 Å². The Morgan fingerprint density at radius 2 is 2.07 bits per heavy atom. The molecular weight excluding hydrogens is 388 g/mol. The molecule has 0 radical (unpaired) electrons. The molecule has 1 amide bonds. The minimum atomic E-state index is -0.144. The van der Waals surface area contributed by atoms with E-state index < -0.39 is 0 Å². The van der Waals surface area contributed by atoms with Crippen molar-refractivity contribution in [2.75, 3.05) is 17.9 Å². The quantitative estimate of drug-likeness (QED) is 0.657. The van der Waals surface area contributed by atoms with Crippen molar-refractivity contribution in [1.82, 2.24) is 14.8 Å². The van der Waals surface area contributed by atoms with Crippen LogP contribution in [0.1, 0.15) is 0 Å². The minimum absolute atomic E-state index is 0.144. The number of benzene rings is 2. The van der Waals surface area contributed by atoms with Gasteiger partial charge in [-0.15, -0.1) is 10.2 Å². The zero-order chi connectivity index (χ0) is 18.8. The van der Waals surface area contributed by atoms with Crippen LogP contribution < -0.4 is 14.8 Å². The molecule has 3 aromatic rings. The third kappa shape index (κ3) is 3.86. The summed E-state index contributed by atoms with van der Waals surface area (Å²) in [5.41, 5.74) is 1.52. The number of hydrogen-bond donors (Lipinski definition) is 1. The molecule has 138 valence electrons. The first-order chi connectivity index (χ1) is 13.1. The highest BCUT2D eigenvalue weighted by molar-refractivity contribution is 7.99. The fourth-order valence-electron chi connectivity index (χ4n) is 2.62. The lowest BCUT2D eigenvalue weighted by molar-refractivity contribution is -0.113. The van der Waals surface area contributed by atoms with E-state index in [4.69, 9.17) is 21.1 Å². The zero-order valence-corrected chi connectivity index (χ0v) is 15.9.